The average Bonchev–Trinajstić information content (AvgIpc) is 2.88. The summed E-state index contributed by atoms with van der Waals surface area (Å²) in [6.07, 6.45) is -9.22. The number of alkyl halides is 6. The van der Waals surface area contributed by atoms with E-state index >= 15 is 0 Å². The van der Waals surface area contributed by atoms with Crippen LogP contribution in [-0.2, 0) is 12.4 Å². The topological polar surface area (TPSA) is 77.3 Å². The lowest BCUT2D eigenvalue weighted by molar-refractivity contribution is -0.138. The van der Waals surface area contributed by atoms with Crippen LogP contribution in [0.15, 0.2) is 54.6 Å². The Balaban J connectivity index is 1.68. The quantitative estimate of drug-likeness (QED) is 0.115. The monoisotopic (exact) mass is 534 g/mol. The molecule has 7 rings (SSSR count). The van der Waals surface area contributed by atoms with Gasteiger partial charge in [-0.15, -0.1) is 0 Å². The van der Waals surface area contributed by atoms with Gasteiger partial charge in [-0.3, -0.25) is 0 Å². The van der Waals surface area contributed by atoms with Crippen LogP contribution >= 0.6 is 0 Å². The summed E-state index contributed by atoms with van der Waals surface area (Å²) in [6, 6.07) is 11.4. The number of fused-ring (bicyclic) bond motifs is 9. The van der Waals surface area contributed by atoms with Crippen molar-refractivity contribution in [3.8, 4) is 0 Å². The van der Waals surface area contributed by atoms with Crippen molar-refractivity contribution in [2.75, 3.05) is 0 Å². The highest BCUT2D eigenvalue weighted by molar-refractivity contribution is 6.20. The first kappa shape index (κ1) is 23.4. The van der Waals surface area contributed by atoms with Crippen molar-refractivity contribution in [1.29, 1.82) is 0 Å². The van der Waals surface area contributed by atoms with E-state index in [1.165, 1.54) is 12.1 Å². The van der Waals surface area contributed by atoms with Gasteiger partial charge in [-0.1, -0.05) is 6.07 Å². The second-order valence-corrected chi connectivity index (χ2v) is 9.16. The first-order valence-corrected chi connectivity index (χ1v) is 11.5. The Bertz CT molecular complexity index is 2170. The fourth-order valence-corrected chi connectivity index (χ4v) is 4.62. The number of benzene rings is 4. The molecule has 3 aromatic heterocycles. The van der Waals surface area contributed by atoms with Crippen LogP contribution in [0.2, 0.25) is 0 Å². The number of halogens is 6. The van der Waals surface area contributed by atoms with E-state index in [-0.39, 0.29) is 44.1 Å². The minimum atomic E-state index is -4.61. The zero-order chi connectivity index (χ0) is 27.3. The maximum atomic E-state index is 13.4. The van der Waals surface area contributed by atoms with Gasteiger partial charge in [-0.05, 0) is 61.0 Å². The highest BCUT2D eigenvalue weighted by Crippen LogP contribution is 2.36. The van der Waals surface area contributed by atoms with E-state index in [4.69, 9.17) is 9.97 Å². The predicted molar refractivity (Wildman–Crippen MR) is 133 cm³/mol. The number of nitrogens with zero attached hydrogens (tertiary/aromatic N) is 6. The zero-order valence-electron chi connectivity index (χ0n) is 19.6. The minimum Gasteiger partial charge on any atom is -0.242 e. The van der Waals surface area contributed by atoms with Crippen molar-refractivity contribution >= 4 is 66.2 Å². The van der Waals surface area contributed by atoms with Crippen LogP contribution < -0.4 is 0 Å². The minimum absolute atomic E-state index is 0.0527. The molecule has 0 saturated carbocycles. The molecular formula is C27H12F6N6. The second-order valence-electron chi connectivity index (χ2n) is 9.16. The van der Waals surface area contributed by atoms with Gasteiger partial charge in [0.1, 0.15) is 33.1 Å². The Hall–Kier alpha value is -4.74. The molecule has 6 nitrogen and oxygen atoms in total. The summed E-state index contributed by atoms with van der Waals surface area (Å²) >= 11 is 0. The summed E-state index contributed by atoms with van der Waals surface area (Å²) in [6.45, 7) is 1.89. The van der Waals surface area contributed by atoms with Gasteiger partial charge in [0.15, 0.2) is 0 Å². The molecule has 0 radical (unpaired) electrons. The summed E-state index contributed by atoms with van der Waals surface area (Å²) < 4.78 is 80.4. The van der Waals surface area contributed by atoms with Crippen LogP contribution in [0.4, 0.5) is 26.3 Å². The third-order valence-corrected chi connectivity index (χ3v) is 6.48. The van der Waals surface area contributed by atoms with E-state index in [9.17, 15) is 26.3 Å². The SMILES string of the molecule is Cc1ccc2nc3c4nc5ccc(C(F)(F)F)cc5nc4c4nc5cc(C(F)(F)F)ccc5nc4c3nc2c1. The van der Waals surface area contributed by atoms with Gasteiger partial charge >= 0.3 is 12.4 Å². The molecule has 0 spiro atoms. The molecule has 0 atom stereocenters. The molecule has 0 saturated heterocycles. The van der Waals surface area contributed by atoms with Gasteiger partial charge in [-0.2, -0.15) is 26.3 Å². The van der Waals surface area contributed by atoms with E-state index in [0.29, 0.717) is 22.1 Å². The number of rotatable bonds is 0. The van der Waals surface area contributed by atoms with Crippen LogP contribution in [0, 0.1) is 6.92 Å². The van der Waals surface area contributed by atoms with Crippen LogP contribution in [0.25, 0.3) is 66.2 Å². The van der Waals surface area contributed by atoms with E-state index in [1.807, 2.05) is 19.1 Å². The molecule has 0 bridgehead atoms. The summed E-state index contributed by atoms with van der Waals surface area (Å²) in [5, 5.41) is 0. The van der Waals surface area contributed by atoms with Crippen LogP contribution in [0.5, 0.6) is 0 Å². The second kappa shape index (κ2) is 7.65. The molecule has 0 fully saturated rings. The standard InChI is InChI=1S/C27H12F6N6/c1-11-2-5-14-17(8-11)37-23-20(34-14)21-24(38-18-9-12(26(28,29)30)3-6-15(18)35-21)25-22(23)36-16-7-4-13(27(31,32)33)10-19(16)39-25/h2-10H,1H3. The Morgan fingerprint density at radius 2 is 0.718 bits per heavy atom. The van der Waals surface area contributed by atoms with Gasteiger partial charge in [0.2, 0.25) is 0 Å². The molecule has 0 unspecified atom stereocenters. The fourth-order valence-electron chi connectivity index (χ4n) is 4.62. The zero-order valence-corrected chi connectivity index (χ0v) is 19.6. The van der Waals surface area contributed by atoms with Crippen LogP contribution in [0.1, 0.15) is 16.7 Å². The highest BCUT2D eigenvalue weighted by atomic mass is 19.4. The number of aromatic nitrogens is 6. The first-order chi connectivity index (χ1) is 18.5. The lowest BCUT2D eigenvalue weighted by Gasteiger charge is -2.12. The normalized spacial score (nSPS) is 13.0. The fraction of sp³-hybridized carbons (Fsp3) is 0.111. The molecule has 0 aliphatic carbocycles. The van der Waals surface area contributed by atoms with Crippen LogP contribution in [0.3, 0.4) is 0 Å². The molecule has 0 N–H and O–H groups in total. The summed E-state index contributed by atoms with van der Waals surface area (Å²) in [5.41, 5.74) is 1.52. The third-order valence-electron chi connectivity index (χ3n) is 6.48. The molecule has 7 aromatic rings. The lowest BCUT2D eigenvalue weighted by atomic mass is 10.1. The third kappa shape index (κ3) is 3.66. The first-order valence-electron chi connectivity index (χ1n) is 11.5. The summed E-state index contributed by atoms with van der Waals surface area (Å²) in [7, 11) is 0. The van der Waals surface area contributed by atoms with Crippen molar-refractivity contribution in [2.45, 2.75) is 19.3 Å². The Labute approximate surface area is 213 Å². The lowest BCUT2D eigenvalue weighted by Crippen LogP contribution is -2.06. The van der Waals surface area contributed by atoms with Gasteiger partial charge in [0, 0.05) is 0 Å². The maximum Gasteiger partial charge on any atom is 0.416 e. The van der Waals surface area contributed by atoms with Gasteiger partial charge in [-0.25, -0.2) is 29.9 Å². The van der Waals surface area contributed by atoms with Crippen molar-refractivity contribution in [3.05, 3.63) is 71.3 Å². The molecule has 12 heteroatoms. The summed E-state index contributed by atoms with van der Waals surface area (Å²) in [5.74, 6) is 0. The smallest absolute Gasteiger partial charge is 0.242 e. The van der Waals surface area contributed by atoms with Gasteiger partial charge in [0.05, 0.1) is 44.2 Å². The molecule has 39 heavy (non-hydrogen) atoms. The van der Waals surface area contributed by atoms with E-state index < -0.39 is 23.5 Å². The highest BCUT2D eigenvalue weighted by Gasteiger charge is 2.32. The molecule has 3 heterocycles. The maximum absolute atomic E-state index is 13.4. The molecule has 0 aliphatic rings. The molecule has 0 aliphatic heterocycles. The van der Waals surface area contributed by atoms with E-state index in [0.717, 1.165) is 29.8 Å². The number of hydrogen-bond donors (Lipinski definition) is 0. The number of aryl methyl sites for hydroxylation is 1. The van der Waals surface area contributed by atoms with Crippen molar-refractivity contribution in [1.82, 2.24) is 29.9 Å². The largest absolute Gasteiger partial charge is 0.416 e. The molecular weight excluding hydrogens is 522 g/mol. The molecule has 0 amide bonds. The van der Waals surface area contributed by atoms with Crippen molar-refractivity contribution < 1.29 is 26.3 Å². The Morgan fingerprint density at radius 1 is 0.410 bits per heavy atom. The van der Waals surface area contributed by atoms with Gasteiger partial charge in [0.25, 0.3) is 0 Å². The van der Waals surface area contributed by atoms with Gasteiger partial charge < -0.3 is 0 Å². The summed E-state index contributed by atoms with van der Waals surface area (Å²) in [4.78, 5) is 27.5. The molecule has 4 aromatic carbocycles. The number of hydrogen-bond acceptors (Lipinski definition) is 6. The Morgan fingerprint density at radius 3 is 1.08 bits per heavy atom. The molecule has 192 valence electrons. The van der Waals surface area contributed by atoms with Crippen molar-refractivity contribution in [2.24, 2.45) is 0 Å². The van der Waals surface area contributed by atoms with Crippen molar-refractivity contribution in [3.63, 3.8) is 0 Å². The predicted octanol–water partition coefficient (Wildman–Crippen LogP) is 7.32. The van der Waals surface area contributed by atoms with E-state index in [2.05, 4.69) is 19.9 Å². The Kier molecular flexibility index (Phi) is 4.59. The van der Waals surface area contributed by atoms with Crippen LogP contribution in [-0.4, -0.2) is 29.9 Å². The average molecular weight is 534 g/mol. The van der Waals surface area contributed by atoms with E-state index in [1.54, 1.807) is 6.07 Å².